The number of nitrogens with two attached hydrogens (primary N) is 1. The molecule has 1 heterocycles. The van der Waals surface area contributed by atoms with Crippen molar-refractivity contribution in [3.63, 3.8) is 0 Å². The van der Waals surface area contributed by atoms with Gasteiger partial charge in [-0.25, -0.2) is 4.98 Å². The molecule has 0 saturated heterocycles. The van der Waals surface area contributed by atoms with Gasteiger partial charge in [0.1, 0.15) is 29.3 Å². The van der Waals surface area contributed by atoms with E-state index in [0.717, 1.165) is 13.1 Å². The van der Waals surface area contributed by atoms with Crippen LogP contribution in [0.1, 0.15) is 44.4 Å². The van der Waals surface area contributed by atoms with E-state index in [1.807, 2.05) is 17.0 Å². The Morgan fingerprint density at radius 1 is 1.00 bits per heavy atom. The normalized spacial score (nSPS) is 10.2. The summed E-state index contributed by atoms with van der Waals surface area (Å²) in [5.41, 5.74) is 6.68. The third kappa shape index (κ3) is 4.34. The van der Waals surface area contributed by atoms with Crippen molar-refractivity contribution in [2.75, 3.05) is 23.7 Å². The van der Waals surface area contributed by atoms with Crippen molar-refractivity contribution in [2.24, 2.45) is 11.8 Å². The lowest BCUT2D eigenvalue weighted by Gasteiger charge is -2.29. The van der Waals surface area contributed by atoms with Gasteiger partial charge in [-0.2, -0.15) is 15.8 Å². The van der Waals surface area contributed by atoms with Gasteiger partial charge in [0.2, 0.25) is 0 Å². The van der Waals surface area contributed by atoms with Crippen molar-refractivity contribution in [1.29, 1.82) is 15.8 Å². The molecular formula is C17H22N6. The Balaban J connectivity index is 3.58. The number of aromatic nitrogens is 1. The molecule has 0 aliphatic heterocycles. The van der Waals surface area contributed by atoms with E-state index in [1.165, 1.54) is 0 Å². The van der Waals surface area contributed by atoms with E-state index < -0.39 is 0 Å². The van der Waals surface area contributed by atoms with Gasteiger partial charge in [-0.15, -0.1) is 0 Å². The number of hydrogen-bond acceptors (Lipinski definition) is 6. The number of rotatable bonds is 6. The summed E-state index contributed by atoms with van der Waals surface area (Å²) in [6, 6.07) is 6.08. The standard InChI is InChI=1S/C17H22N6/c1-11(2)9-23(10-12(3)4)17-15(8-20)13(5-6-18)14(7-19)16(21)22-17/h11-12H,5,9-10H2,1-4H3,(H2,21,22). The highest BCUT2D eigenvalue weighted by molar-refractivity contribution is 5.68. The van der Waals surface area contributed by atoms with Crippen LogP contribution in [0.15, 0.2) is 0 Å². The summed E-state index contributed by atoms with van der Waals surface area (Å²) >= 11 is 0. The molecule has 0 atom stereocenters. The van der Waals surface area contributed by atoms with Gasteiger partial charge in [0.15, 0.2) is 0 Å². The summed E-state index contributed by atoms with van der Waals surface area (Å²) in [5.74, 6) is 1.29. The number of nitrogen functional groups attached to an aromatic ring is 1. The minimum absolute atomic E-state index is 0.0390. The van der Waals surface area contributed by atoms with Crippen LogP contribution in [0.25, 0.3) is 0 Å². The molecule has 0 bridgehead atoms. The fraction of sp³-hybridized carbons (Fsp3) is 0.529. The average molecular weight is 310 g/mol. The third-order valence-electron chi connectivity index (χ3n) is 3.26. The molecule has 1 aromatic heterocycles. The number of nitriles is 3. The second kappa shape index (κ2) is 8.01. The quantitative estimate of drug-likeness (QED) is 0.863. The summed E-state index contributed by atoms with van der Waals surface area (Å²) in [6.45, 7) is 9.78. The van der Waals surface area contributed by atoms with E-state index >= 15 is 0 Å². The lowest BCUT2D eigenvalue weighted by Crippen LogP contribution is -2.33. The molecule has 0 spiro atoms. The van der Waals surface area contributed by atoms with E-state index in [9.17, 15) is 10.5 Å². The smallest absolute Gasteiger partial charge is 0.149 e. The van der Waals surface area contributed by atoms with Gasteiger partial charge in [-0.05, 0) is 11.8 Å². The van der Waals surface area contributed by atoms with Crippen molar-refractivity contribution >= 4 is 11.6 Å². The summed E-state index contributed by atoms with van der Waals surface area (Å²) < 4.78 is 0. The molecular weight excluding hydrogens is 288 g/mol. The van der Waals surface area contributed by atoms with Crippen molar-refractivity contribution in [2.45, 2.75) is 34.1 Å². The molecule has 0 unspecified atom stereocenters. The van der Waals surface area contributed by atoms with Gasteiger partial charge in [0, 0.05) is 18.7 Å². The maximum Gasteiger partial charge on any atom is 0.149 e. The Hall–Kier alpha value is -2.78. The van der Waals surface area contributed by atoms with Crippen molar-refractivity contribution in [3.05, 3.63) is 16.7 Å². The van der Waals surface area contributed by atoms with E-state index in [0.29, 0.717) is 23.2 Å². The highest BCUT2D eigenvalue weighted by Gasteiger charge is 2.23. The Labute approximate surface area is 137 Å². The van der Waals surface area contributed by atoms with E-state index in [-0.39, 0.29) is 23.4 Å². The van der Waals surface area contributed by atoms with Crippen LogP contribution < -0.4 is 10.6 Å². The maximum absolute atomic E-state index is 9.58. The molecule has 0 amide bonds. The third-order valence-corrected chi connectivity index (χ3v) is 3.26. The SMILES string of the molecule is CC(C)CN(CC(C)C)c1nc(N)c(C#N)c(CC#N)c1C#N. The number of anilines is 2. The molecule has 6 heteroatoms. The highest BCUT2D eigenvalue weighted by Crippen LogP contribution is 2.29. The Kier molecular flexibility index (Phi) is 6.36. The van der Waals surface area contributed by atoms with Crippen LogP contribution in [0.2, 0.25) is 0 Å². The summed E-state index contributed by atoms with van der Waals surface area (Å²) in [5, 5.41) is 27.9. The molecule has 2 N–H and O–H groups in total. The van der Waals surface area contributed by atoms with E-state index in [4.69, 9.17) is 11.0 Å². The first-order valence-corrected chi connectivity index (χ1v) is 7.60. The maximum atomic E-state index is 9.58. The Morgan fingerprint density at radius 2 is 1.52 bits per heavy atom. The van der Waals surface area contributed by atoms with Crippen LogP contribution in [0, 0.1) is 45.8 Å². The fourth-order valence-corrected chi connectivity index (χ4v) is 2.50. The van der Waals surface area contributed by atoms with Gasteiger partial charge in [-0.3, -0.25) is 0 Å². The van der Waals surface area contributed by atoms with E-state index in [1.54, 1.807) is 0 Å². The zero-order valence-electron chi connectivity index (χ0n) is 14.1. The molecule has 120 valence electrons. The second-order valence-corrected chi connectivity index (χ2v) is 6.30. The number of pyridine rings is 1. The van der Waals surface area contributed by atoms with Crippen molar-refractivity contribution < 1.29 is 0 Å². The minimum atomic E-state index is -0.0390. The molecule has 0 aliphatic carbocycles. The van der Waals surface area contributed by atoms with Crippen LogP contribution in [0.4, 0.5) is 11.6 Å². The zero-order chi connectivity index (χ0) is 17.6. The van der Waals surface area contributed by atoms with Gasteiger partial charge in [0.05, 0.1) is 18.1 Å². The largest absolute Gasteiger partial charge is 0.383 e. The fourth-order valence-electron chi connectivity index (χ4n) is 2.50. The first-order valence-electron chi connectivity index (χ1n) is 7.60. The van der Waals surface area contributed by atoms with Crippen LogP contribution in [0.5, 0.6) is 0 Å². The predicted octanol–water partition coefficient (Wildman–Crippen LogP) is 2.59. The van der Waals surface area contributed by atoms with Crippen LogP contribution >= 0.6 is 0 Å². The molecule has 0 fully saturated rings. The predicted molar refractivity (Wildman–Crippen MR) is 89.3 cm³/mol. The van der Waals surface area contributed by atoms with Gasteiger partial charge in [-0.1, -0.05) is 27.7 Å². The molecule has 23 heavy (non-hydrogen) atoms. The van der Waals surface area contributed by atoms with Gasteiger partial charge in [0.25, 0.3) is 0 Å². The summed E-state index contributed by atoms with van der Waals surface area (Å²) in [6.07, 6.45) is -0.0390. The molecule has 0 aliphatic rings. The Bertz CT molecular complexity index is 675. The monoisotopic (exact) mass is 310 g/mol. The van der Waals surface area contributed by atoms with Crippen LogP contribution in [-0.2, 0) is 6.42 Å². The topological polar surface area (TPSA) is 114 Å². The van der Waals surface area contributed by atoms with E-state index in [2.05, 4.69) is 38.7 Å². The van der Waals surface area contributed by atoms with Gasteiger partial charge >= 0.3 is 0 Å². The summed E-state index contributed by atoms with van der Waals surface area (Å²) in [7, 11) is 0. The molecule has 0 aromatic carbocycles. The molecule has 0 radical (unpaired) electrons. The lowest BCUT2D eigenvalue weighted by molar-refractivity contribution is 0.548. The number of hydrogen-bond donors (Lipinski definition) is 1. The first kappa shape index (κ1) is 18.3. The zero-order valence-corrected chi connectivity index (χ0v) is 14.1. The molecule has 1 aromatic rings. The first-order chi connectivity index (χ1) is 10.8. The molecule has 6 nitrogen and oxygen atoms in total. The van der Waals surface area contributed by atoms with Crippen LogP contribution in [-0.4, -0.2) is 18.1 Å². The average Bonchev–Trinajstić information content (AvgIpc) is 2.45. The summed E-state index contributed by atoms with van der Waals surface area (Å²) in [4.78, 5) is 6.33. The number of nitrogens with zero attached hydrogens (tertiary/aromatic N) is 5. The molecule has 1 rings (SSSR count). The Morgan fingerprint density at radius 3 is 1.91 bits per heavy atom. The second-order valence-electron chi connectivity index (χ2n) is 6.30. The van der Waals surface area contributed by atoms with Crippen LogP contribution in [0.3, 0.4) is 0 Å². The molecule has 0 saturated carbocycles. The van der Waals surface area contributed by atoms with Crippen molar-refractivity contribution in [3.8, 4) is 18.2 Å². The minimum Gasteiger partial charge on any atom is -0.383 e. The highest BCUT2D eigenvalue weighted by atomic mass is 15.2. The van der Waals surface area contributed by atoms with Gasteiger partial charge < -0.3 is 10.6 Å². The lowest BCUT2D eigenvalue weighted by atomic mass is 10.00. The van der Waals surface area contributed by atoms with Crippen molar-refractivity contribution in [1.82, 2.24) is 4.98 Å².